The molecule has 0 bridgehead atoms. The van der Waals surface area contributed by atoms with Gasteiger partial charge in [0.25, 0.3) is 0 Å². The maximum Gasteiger partial charge on any atom is 0.337 e. The van der Waals surface area contributed by atoms with Crippen molar-refractivity contribution in [3.63, 3.8) is 0 Å². The predicted octanol–water partition coefficient (Wildman–Crippen LogP) is 0.571. The topological polar surface area (TPSA) is 109 Å². The van der Waals surface area contributed by atoms with Gasteiger partial charge in [-0.05, 0) is 23.4 Å². The number of benzene rings is 1. The molecule has 4 rings (SSSR count). The Balaban J connectivity index is 1.56. The molecule has 0 radical (unpaired) electrons. The Hall–Kier alpha value is -3.05. The Kier molecular flexibility index (Phi) is 5.41. The van der Waals surface area contributed by atoms with Crippen LogP contribution < -0.4 is 4.90 Å². The number of nitrogens with zero attached hydrogens (tertiary/aromatic N) is 7. The maximum atomic E-state index is 11.8. The van der Waals surface area contributed by atoms with E-state index in [9.17, 15) is 4.79 Å². The molecule has 1 atom stereocenters. The molecular formula is C18H23N7O4. The number of methoxy groups -OCH3 is 2. The highest BCUT2D eigenvalue weighted by Crippen LogP contribution is 2.27. The van der Waals surface area contributed by atoms with Crippen LogP contribution in [0.4, 0.5) is 5.95 Å². The molecule has 0 saturated carbocycles. The van der Waals surface area contributed by atoms with Crippen LogP contribution >= 0.6 is 0 Å². The van der Waals surface area contributed by atoms with E-state index in [1.165, 1.54) is 11.9 Å². The summed E-state index contributed by atoms with van der Waals surface area (Å²) in [6.07, 6.45) is -0.300. The van der Waals surface area contributed by atoms with E-state index in [0.717, 1.165) is 17.0 Å². The molecule has 154 valence electrons. The summed E-state index contributed by atoms with van der Waals surface area (Å²) in [5.74, 6) is 0.952. The van der Waals surface area contributed by atoms with Gasteiger partial charge in [0.2, 0.25) is 11.8 Å². The minimum atomic E-state index is -0.381. The molecule has 0 spiro atoms. The van der Waals surface area contributed by atoms with Crippen molar-refractivity contribution < 1.29 is 19.0 Å². The molecule has 1 fully saturated rings. The van der Waals surface area contributed by atoms with Crippen LogP contribution in [-0.4, -0.2) is 76.3 Å². The molecular weight excluding hydrogens is 378 g/mol. The molecule has 1 saturated heterocycles. The average Bonchev–Trinajstić information content (AvgIpc) is 3.36. The minimum Gasteiger partial charge on any atom is -0.465 e. The fourth-order valence-electron chi connectivity index (χ4n) is 3.35. The fourth-order valence-corrected chi connectivity index (χ4v) is 3.35. The van der Waals surface area contributed by atoms with Gasteiger partial charge < -0.3 is 23.7 Å². The number of rotatable bonds is 6. The van der Waals surface area contributed by atoms with E-state index in [0.29, 0.717) is 44.2 Å². The number of hydrogen-bond acceptors (Lipinski definition) is 9. The van der Waals surface area contributed by atoms with Crippen molar-refractivity contribution in [3.05, 3.63) is 29.6 Å². The molecule has 0 N–H and O–H groups in total. The van der Waals surface area contributed by atoms with E-state index in [-0.39, 0.29) is 12.1 Å². The first-order valence-electron chi connectivity index (χ1n) is 9.28. The summed E-state index contributed by atoms with van der Waals surface area (Å²) in [6.45, 7) is 2.81. The molecule has 3 aromatic rings. The van der Waals surface area contributed by atoms with Crippen molar-refractivity contribution in [2.24, 2.45) is 7.05 Å². The van der Waals surface area contributed by atoms with Crippen molar-refractivity contribution in [1.82, 2.24) is 29.8 Å². The van der Waals surface area contributed by atoms with E-state index in [2.05, 4.69) is 20.3 Å². The van der Waals surface area contributed by atoms with Crippen molar-refractivity contribution in [2.45, 2.75) is 12.6 Å². The lowest BCUT2D eigenvalue weighted by molar-refractivity contribution is 0.0330. The zero-order valence-corrected chi connectivity index (χ0v) is 16.6. The third-order valence-corrected chi connectivity index (χ3v) is 4.88. The summed E-state index contributed by atoms with van der Waals surface area (Å²) >= 11 is 0. The first kappa shape index (κ1) is 19.3. The summed E-state index contributed by atoms with van der Waals surface area (Å²) in [6, 6.07) is 5.36. The molecule has 3 heterocycles. The SMILES string of the molecule is COCCn1nnc(C2CN(c3nc4cc(C(=O)OC)ccc4n3C)CCO2)n1. The lowest BCUT2D eigenvalue weighted by atomic mass is 10.2. The zero-order valence-electron chi connectivity index (χ0n) is 16.6. The first-order chi connectivity index (χ1) is 14.1. The number of fused-ring (bicyclic) bond motifs is 1. The number of imidazole rings is 1. The number of hydrogen-bond donors (Lipinski definition) is 0. The van der Waals surface area contributed by atoms with Gasteiger partial charge in [-0.2, -0.15) is 4.80 Å². The van der Waals surface area contributed by atoms with Gasteiger partial charge in [0.15, 0.2) is 0 Å². The van der Waals surface area contributed by atoms with Crippen LogP contribution in [-0.2, 0) is 27.8 Å². The molecule has 1 unspecified atom stereocenters. The highest BCUT2D eigenvalue weighted by atomic mass is 16.5. The third kappa shape index (κ3) is 3.78. The van der Waals surface area contributed by atoms with Crippen molar-refractivity contribution in [2.75, 3.05) is 45.4 Å². The lowest BCUT2D eigenvalue weighted by Gasteiger charge is -2.32. The number of carbonyl (C=O) groups excluding carboxylic acids is 1. The van der Waals surface area contributed by atoms with Gasteiger partial charge in [-0.1, -0.05) is 0 Å². The Morgan fingerprint density at radius 1 is 1.34 bits per heavy atom. The van der Waals surface area contributed by atoms with Crippen LogP contribution in [0.2, 0.25) is 0 Å². The van der Waals surface area contributed by atoms with Gasteiger partial charge in [-0.25, -0.2) is 9.78 Å². The van der Waals surface area contributed by atoms with Crippen LogP contribution in [0.15, 0.2) is 18.2 Å². The van der Waals surface area contributed by atoms with Crippen LogP contribution in [0.25, 0.3) is 11.0 Å². The van der Waals surface area contributed by atoms with Crippen molar-refractivity contribution in [3.8, 4) is 0 Å². The first-order valence-corrected chi connectivity index (χ1v) is 9.28. The normalized spacial score (nSPS) is 17.1. The van der Waals surface area contributed by atoms with Gasteiger partial charge >= 0.3 is 5.97 Å². The van der Waals surface area contributed by atoms with Crippen LogP contribution in [0.3, 0.4) is 0 Å². The molecule has 29 heavy (non-hydrogen) atoms. The summed E-state index contributed by atoms with van der Waals surface area (Å²) < 4.78 is 17.7. The highest BCUT2D eigenvalue weighted by Gasteiger charge is 2.28. The average molecular weight is 401 g/mol. The number of anilines is 1. The Morgan fingerprint density at radius 3 is 3.00 bits per heavy atom. The number of carbonyl (C=O) groups is 1. The van der Waals surface area contributed by atoms with Crippen LogP contribution in [0.5, 0.6) is 0 Å². The molecule has 1 aromatic carbocycles. The number of tetrazole rings is 1. The Labute approximate surface area is 167 Å². The van der Waals surface area contributed by atoms with Gasteiger partial charge in [-0.15, -0.1) is 10.2 Å². The number of aromatic nitrogens is 6. The number of morpholine rings is 1. The van der Waals surface area contributed by atoms with Crippen molar-refractivity contribution in [1.29, 1.82) is 0 Å². The van der Waals surface area contributed by atoms with Gasteiger partial charge in [-0.3, -0.25) is 0 Å². The smallest absolute Gasteiger partial charge is 0.337 e. The Morgan fingerprint density at radius 2 is 2.21 bits per heavy atom. The second kappa shape index (κ2) is 8.13. The largest absolute Gasteiger partial charge is 0.465 e. The number of esters is 1. The Bertz CT molecular complexity index is 1010. The van der Waals surface area contributed by atoms with E-state index in [1.807, 2.05) is 17.7 Å². The zero-order chi connectivity index (χ0) is 20.4. The van der Waals surface area contributed by atoms with E-state index in [1.54, 1.807) is 19.2 Å². The molecule has 2 aromatic heterocycles. The summed E-state index contributed by atoms with van der Waals surface area (Å²) in [5.41, 5.74) is 2.14. The standard InChI is InChI=1S/C18H23N7O4/c1-23-14-5-4-12(17(26)28-3)10-13(14)19-18(23)24-6-9-29-15(11-24)16-20-22-25(21-16)7-8-27-2/h4-5,10,15H,6-9,11H2,1-3H3. The summed E-state index contributed by atoms with van der Waals surface area (Å²) in [7, 11) is 4.95. The summed E-state index contributed by atoms with van der Waals surface area (Å²) in [5, 5.41) is 12.6. The fraction of sp³-hybridized carbons (Fsp3) is 0.500. The number of ether oxygens (including phenoxy) is 3. The van der Waals surface area contributed by atoms with Gasteiger partial charge in [0.05, 0.1) is 50.0 Å². The monoisotopic (exact) mass is 401 g/mol. The minimum absolute atomic E-state index is 0.300. The maximum absolute atomic E-state index is 11.8. The van der Waals surface area contributed by atoms with E-state index < -0.39 is 0 Å². The predicted molar refractivity (Wildman–Crippen MR) is 103 cm³/mol. The highest BCUT2D eigenvalue weighted by molar-refractivity contribution is 5.94. The second-order valence-corrected chi connectivity index (χ2v) is 6.71. The molecule has 11 heteroatoms. The van der Waals surface area contributed by atoms with Crippen LogP contribution in [0.1, 0.15) is 22.3 Å². The van der Waals surface area contributed by atoms with Gasteiger partial charge in [0, 0.05) is 20.7 Å². The van der Waals surface area contributed by atoms with Crippen molar-refractivity contribution >= 4 is 23.0 Å². The van der Waals surface area contributed by atoms with E-state index >= 15 is 0 Å². The third-order valence-electron chi connectivity index (χ3n) is 4.88. The molecule has 1 aliphatic rings. The van der Waals surface area contributed by atoms with Gasteiger partial charge in [0.1, 0.15) is 6.10 Å². The molecule has 0 aliphatic carbocycles. The quantitative estimate of drug-likeness (QED) is 0.548. The molecule has 1 aliphatic heterocycles. The second-order valence-electron chi connectivity index (χ2n) is 6.71. The molecule has 11 nitrogen and oxygen atoms in total. The lowest BCUT2D eigenvalue weighted by Crippen LogP contribution is -2.40. The number of aryl methyl sites for hydroxylation is 1. The molecule has 0 amide bonds. The summed E-state index contributed by atoms with van der Waals surface area (Å²) in [4.78, 5) is 20.2. The van der Waals surface area contributed by atoms with Crippen LogP contribution in [0, 0.1) is 0 Å². The van der Waals surface area contributed by atoms with E-state index in [4.69, 9.17) is 19.2 Å².